The SMILES string of the molecule is O=S(=O)(c1cccnc1)N1CCC[C@H]1c1ncc(Cc2ccccc2Cl)o1. The Morgan fingerprint density at radius 3 is 2.81 bits per heavy atom. The molecule has 3 aromatic rings. The molecule has 1 fully saturated rings. The summed E-state index contributed by atoms with van der Waals surface area (Å²) in [4.78, 5) is 8.45. The monoisotopic (exact) mass is 403 g/mol. The molecule has 0 N–H and O–H groups in total. The third kappa shape index (κ3) is 3.63. The number of halogens is 1. The molecule has 1 aliphatic heterocycles. The molecule has 0 saturated carbocycles. The summed E-state index contributed by atoms with van der Waals surface area (Å²) in [5.74, 6) is 1.07. The summed E-state index contributed by atoms with van der Waals surface area (Å²) in [7, 11) is -3.64. The third-order valence-electron chi connectivity index (χ3n) is 4.62. The van der Waals surface area contributed by atoms with Gasteiger partial charge >= 0.3 is 0 Å². The van der Waals surface area contributed by atoms with Gasteiger partial charge in [-0.3, -0.25) is 4.98 Å². The van der Waals surface area contributed by atoms with E-state index in [2.05, 4.69) is 9.97 Å². The van der Waals surface area contributed by atoms with E-state index < -0.39 is 16.1 Å². The van der Waals surface area contributed by atoms with Crippen LogP contribution in [0.5, 0.6) is 0 Å². The van der Waals surface area contributed by atoms with Gasteiger partial charge in [0.1, 0.15) is 16.7 Å². The van der Waals surface area contributed by atoms with Gasteiger partial charge in [0.2, 0.25) is 15.9 Å². The number of benzene rings is 1. The predicted octanol–water partition coefficient (Wildman–Crippen LogP) is 3.84. The van der Waals surface area contributed by atoms with Gasteiger partial charge in [-0.05, 0) is 36.6 Å². The second-order valence-corrected chi connectivity index (χ2v) is 8.69. The maximum absolute atomic E-state index is 13.0. The number of rotatable bonds is 5. The second kappa shape index (κ2) is 7.42. The lowest BCUT2D eigenvalue weighted by molar-refractivity contribution is 0.322. The van der Waals surface area contributed by atoms with Gasteiger partial charge in [0.25, 0.3) is 0 Å². The molecular formula is C19H18ClN3O3S. The molecule has 0 radical (unpaired) electrons. The average molecular weight is 404 g/mol. The third-order valence-corrected chi connectivity index (χ3v) is 6.88. The molecule has 8 heteroatoms. The zero-order chi connectivity index (χ0) is 18.9. The standard InChI is InChI=1S/C19H18ClN3O3S/c20-17-7-2-1-5-14(17)11-15-12-22-19(26-15)18-8-4-10-23(18)27(24,25)16-6-3-9-21-13-16/h1-3,5-7,9,12-13,18H,4,8,10-11H2/t18-/m0/s1. The first kappa shape index (κ1) is 18.2. The Kier molecular flexibility index (Phi) is 4.99. The van der Waals surface area contributed by atoms with E-state index in [0.29, 0.717) is 36.1 Å². The van der Waals surface area contributed by atoms with Gasteiger partial charge in [-0.15, -0.1) is 0 Å². The summed E-state index contributed by atoms with van der Waals surface area (Å²) >= 11 is 6.20. The van der Waals surface area contributed by atoms with E-state index in [9.17, 15) is 8.42 Å². The molecular weight excluding hydrogens is 386 g/mol. The minimum Gasteiger partial charge on any atom is -0.444 e. The predicted molar refractivity (Wildman–Crippen MR) is 101 cm³/mol. The molecule has 1 aliphatic rings. The molecule has 0 spiro atoms. The van der Waals surface area contributed by atoms with Crippen molar-refractivity contribution in [2.45, 2.75) is 30.2 Å². The summed E-state index contributed by atoms with van der Waals surface area (Å²) in [6.45, 7) is 0.435. The fourth-order valence-corrected chi connectivity index (χ4v) is 5.12. The van der Waals surface area contributed by atoms with Crippen molar-refractivity contribution < 1.29 is 12.8 Å². The van der Waals surface area contributed by atoms with E-state index in [1.165, 1.54) is 10.5 Å². The molecule has 0 bridgehead atoms. The highest BCUT2D eigenvalue weighted by molar-refractivity contribution is 7.89. The van der Waals surface area contributed by atoms with Crippen LogP contribution in [0.3, 0.4) is 0 Å². The van der Waals surface area contributed by atoms with Crippen molar-refractivity contribution in [2.24, 2.45) is 0 Å². The first-order valence-corrected chi connectivity index (χ1v) is 10.5. The van der Waals surface area contributed by atoms with Crippen LogP contribution in [0.4, 0.5) is 0 Å². The van der Waals surface area contributed by atoms with Gasteiger partial charge in [-0.1, -0.05) is 29.8 Å². The first-order chi connectivity index (χ1) is 13.1. The first-order valence-electron chi connectivity index (χ1n) is 8.65. The van der Waals surface area contributed by atoms with Crippen LogP contribution in [0.25, 0.3) is 0 Å². The average Bonchev–Trinajstić information content (AvgIpc) is 3.34. The Bertz CT molecular complexity index is 1040. The lowest BCUT2D eigenvalue weighted by atomic mass is 10.1. The van der Waals surface area contributed by atoms with Gasteiger partial charge in [0.05, 0.1) is 6.20 Å². The smallest absolute Gasteiger partial charge is 0.245 e. The summed E-state index contributed by atoms with van der Waals surface area (Å²) in [6, 6.07) is 10.3. The quantitative estimate of drug-likeness (QED) is 0.646. The molecule has 4 rings (SSSR count). The number of sulfonamides is 1. The maximum Gasteiger partial charge on any atom is 0.245 e. The molecule has 140 valence electrons. The minimum atomic E-state index is -3.64. The molecule has 1 saturated heterocycles. The van der Waals surface area contributed by atoms with Crippen molar-refractivity contribution >= 4 is 21.6 Å². The highest BCUT2D eigenvalue weighted by atomic mass is 35.5. The van der Waals surface area contributed by atoms with Gasteiger partial charge in [-0.25, -0.2) is 13.4 Å². The highest BCUT2D eigenvalue weighted by Gasteiger charge is 2.38. The molecule has 0 aliphatic carbocycles. The number of nitrogens with zero attached hydrogens (tertiary/aromatic N) is 3. The minimum absolute atomic E-state index is 0.180. The van der Waals surface area contributed by atoms with E-state index in [4.69, 9.17) is 16.0 Å². The van der Waals surface area contributed by atoms with Crippen LogP contribution in [0.2, 0.25) is 5.02 Å². The highest BCUT2D eigenvalue weighted by Crippen LogP contribution is 2.36. The molecule has 3 heterocycles. The van der Waals surface area contributed by atoms with Gasteiger partial charge in [0.15, 0.2) is 0 Å². The Morgan fingerprint density at radius 2 is 2.04 bits per heavy atom. The van der Waals surface area contributed by atoms with Crippen molar-refractivity contribution in [1.82, 2.24) is 14.3 Å². The summed E-state index contributed by atoms with van der Waals surface area (Å²) < 4.78 is 33.3. The van der Waals surface area contributed by atoms with Crippen LogP contribution in [-0.4, -0.2) is 29.2 Å². The zero-order valence-corrected chi connectivity index (χ0v) is 16.0. The van der Waals surface area contributed by atoms with Gasteiger partial charge < -0.3 is 4.42 Å². The van der Waals surface area contributed by atoms with Crippen LogP contribution in [0.15, 0.2) is 64.3 Å². The van der Waals surface area contributed by atoms with Gasteiger partial charge in [0, 0.05) is 30.4 Å². The van der Waals surface area contributed by atoms with Crippen LogP contribution in [0.1, 0.15) is 36.1 Å². The topological polar surface area (TPSA) is 76.3 Å². The number of pyridine rings is 1. The van der Waals surface area contributed by atoms with Crippen molar-refractivity contribution in [3.05, 3.63) is 77.2 Å². The van der Waals surface area contributed by atoms with E-state index >= 15 is 0 Å². The van der Waals surface area contributed by atoms with Crippen LogP contribution < -0.4 is 0 Å². The Morgan fingerprint density at radius 1 is 1.19 bits per heavy atom. The number of hydrogen-bond acceptors (Lipinski definition) is 5. The van der Waals surface area contributed by atoms with E-state index in [-0.39, 0.29) is 4.90 Å². The van der Waals surface area contributed by atoms with E-state index in [1.54, 1.807) is 24.5 Å². The van der Waals surface area contributed by atoms with Crippen LogP contribution in [0, 0.1) is 0 Å². The maximum atomic E-state index is 13.0. The molecule has 1 atom stereocenters. The molecule has 6 nitrogen and oxygen atoms in total. The molecule has 2 aromatic heterocycles. The largest absolute Gasteiger partial charge is 0.444 e. The fourth-order valence-electron chi connectivity index (χ4n) is 3.30. The zero-order valence-electron chi connectivity index (χ0n) is 14.5. The molecule has 0 amide bonds. The van der Waals surface area contributed by atoms with E-state index in [1.807, 2.05) is 24.3 Å². The van der Waals surface area contributed by atoms with Crippen LogP contribution in [-0.2, 0) is 16.4 Å². The lowest BCUT2D eigenvalue weighted by Crippen LogP contribution is -2.30. The molecule has 1 aromatic carbocycles. The van der Waals surface area contributed by atoms with Crippen LogP contribution >= 0.6 is 11.6 Å². The number of hydrogen-bond donors (Lipinski definition) is 0. The Hall–Kier alpha value is -2.22. The lowest BCUT2D eigenvalue weighted by Gasteiger charge is -2.21. The number of oxazole rings is 1. The van der Waals surface area contributed by atoms with Crippen molar-refractivity contribution in [3.8, 4) is 0 Å². The summed E-state index contributed by atoms with van der Waals surface area (Å²) in [5.41, 5.74) is 0.938. The molecule has 0 unspecified atom stereocenters. The Labute approximate surface area is 162 Å². The van der Waals surface area contributed by atoms with Gasteiger partial charge in [-0.2, -0.15) is 4.31 Å². The van der Waals surface area contributed by atoms with Crippen molar-refractivity contribution in [2.75, 3.05) is 6.54 Å². The van der Waals surface area contributed by atoms with E-state index in [0.717, 1.165) is 12.0 Å². The number of aromatic nitrogens is 2. The molecule has 27 heavy (non-hydrogen) atoms. The summed E-state index contributed by atoms with van der Waals surface area (Å²) in [6.07, 6.45) is 6.50. The van der Waals surface area contributed by atoms with Crippen molar-refractivity contribution in [3.63, 3.8) is 0 Å². The summed E-state index contributed by atoms with van der Waals surface area (Å²) in [5, 5.41) is 0.664. The Balaban J connectivity index is 1.58. The fraction of sp³-hybridized carbons (Fsp3) is 0.263. The van der Waals surface area contributed by atoms with Crippen molar-refractivity contribution in [1.29, 1.82) is 0 Å². The second-order valence-electron chi connectivity index (χ2n) is 6.40. The normalized spacial score (nSPS) is 18.0.